The predicted molar refractivity (Wildman–Crippen MR) is 278 cm³/mol. The van der Waals surface area contributed by atoms with Gasteiger partial charge in [0.1, 0.15) is 6.10 Å². The number of carbonyl (C=O) groups excluding carboxylic acids is 2. The molecule has 0 aromatic heterocycles. The summed E-state index contributed by atoms with van der Waals surface area (Å²) in [6.45, 7) is 6.49. The lowest BCUT2D eigenvalue weighted by Gasteiger charge is -2.24. The van der Waals surface area contributed by atoms with E-state index in [2.05, 4.69) is 50.4 Å². The minimum Gasteiger partial charge on any atom is -0.462 e. The van der Waals surface area contributed by atoms with Gasteiger partial charge in [0, 0.05) is 6.42 Å². The second-order valence-electron chi connectivity index (χ2n) is 19.7. The van der Waals surface area contributed by atoms with Gasteiger partial charge >= 0.3 is 5.97 Å². The van der Waals surface area contributed by atoms with Crippen LogP contribution in [0, 0.1) is 0 Å². The molecule has 1 amide bonds. The highest BCUT2D eigenvalue weighted by molar-refractivity contribution is 5.77. The quantitative estimate of drug-likeness (QED) is 0.0321. The molecule has 0 aliphatic heterocycles. The van der Waals surface area contributed by atoms with Crippen LogP contribution in [0.4, 0.5) is 0 Å². The van der Waals surface area contributed by atoms with Crippen LogP contribution in [0.1, 0.15) is 310 Å². The first-order valence-electron chi connectivity index (χ1n) is 28.6. The molecule has 0 aliphatic rings. The highest BCUT2D eigenvalue weighted by Crippen LogP contribution is 2.18. The van der Waals surface area contributed by atoms with Gasteiger partial charge in [-0.1, -0.05) is 251 Å². The van der Waals surface area contributed by atoms with Crippen molar-refractivity contribution in [2.45, 2.75) is 328 Å². The van der Waals surface area contributed by atoms with Crippen molar-refractivity contribution >= 4 is 11.9 Å². The Morgan fingerprint density at radius 3 is 1.14 bits per heavy atom. The first-order valence-corrected chi connectivity index (χ1v) is 28.6. The molecule has 0 aromatic rings. The van der Waals surface area contributed by atoms with Gasteiger partial charge in [0.05, 0.1) is 25.2 Å². The van der Waals surface area contributed by atoms with Crippen LogP contribution in [0.15, 0.2) is 24.3 Å². The number of aliphatic hydroxyl groups excluding tert-OH is 2. The maximum atomic E-state index is 13.2. The number of hydrogen-bond acceptors (Lipinski definition) is 5. The second kappa shape index (κ2) is 52.3. The maximum Gasteiger partial charge on any atom is 0.306 e. The van der Waals surface area contributed by atoms with Gasteiger partial charge in [0.15, 0.2) is 0 Å². The van der Waals surface area contributed by atoms with Crippen LogP contribution in [-0.4, -0.2) is 46.9 Å². The average Bonchev–Trinajstić information content (AvgIpc) is 3.29. The summed E-state index contributed by atoms with van der Waals surface area (Å²) in [5.74, 6) is -0.490. The molecule has 3 unspecified atom stereocenters. The molecule has 0 heterocycles. The summed E-state index contributed by atoms with van der Waals surface area (Å²) in [4.78, 5) is 26.2. The fraction of sp³-hybridized carbons (Fsp3) is 0.897. The number of rotatable bonds is 52. The molecule has 3 N–H and O–H groups in total. The molecule has 0 rings (SSSR count). The van der Waals surface area contributed by atoms with E-state index >= 15 is 0 Å². The zero-order chi connectivity index (χ0) is 46.7. The van der Waals surface area contributed by atoms with E-state index in [1.807, 2.05) is 0 Å². The van der Waals surface area contributed by atoms with Gasteiger partial charge < -0.3 is 20.3 Å². The Kier molecular flexibility index (Phi) is 51.0. The van der Waals surface area contributed by atoms with Crippen LogP contribution in [0.3, 0.4) is 0 Å². The van der Waals surface area contributed by atoms with Crippen molar-refractivity contribution in [2.24, 2.45) is 0 Å². The molecule has 64 heavy (non-hydrogen) atoms. The van der Waals surface area contributed by atoms with E-state index in [4.69, 9.17) is 4.74 Å². The third-order valence-corrected chi connectivity index (χ3v) is 13.3. The maximum absolute atomic E-state index is 13.2. The van der Waals surface area contributed by atoms with Gasteiger partial charge in [0.2, 0.25) is 5.91 Å². The number of allylic oxidation sites excluding steroid dienone is 4. The predicted octanol–water partition coefficient (Wildman–Crippen LogP) is 17.5. The minimum absolute atomic E-state index is 0.0604. The molecule has 0 spiro atoms. The first kappa shape index (κ1) is 62.3. The lowest BCUT2D eigenvalue weighted by molar-refractivity contribution is -0.151. The lowest BCUT2D eigenvalue weighted by atomic mass is 10.0. The van der Waals surface area contributed by atoms with E-state index in [-0.39, 0.29) is 24.9 Å². The van der Waals surface area contributed by atoms with Crippen LogP contribution in [-0.2, 0) is 14.3 Å². The van der Waals surface area contributed by atoms with Gasteiger partial charge in [-0.3, -0.25) is 9.59 Å². The summed E-state index contributed by atoms with van der Waals surface area (Å²) in [6.07, 6.45) is 61.1. The molecular weight excluding hydrogens is 791 g/mol. The monoisotopic (exact) mass is 902 g/mol. The summed E-state index contributed by atoms with van der Waals surface area (Å²) in [7, 11) is 0. The average molecular weight is 903 g/mol. The fourth-order valence-corrected chi connectivity index (χ4v) is 8.90. The number of unbranched alkanes of at least 4 members (excludes halogenated alkanes) is 36. The van der Waals surface area contributed by atoms with Crippen LogP contribution >= 0.6 is 0 Å². The van der Waals surface area contributed by atoms with E-state index < -0.39 is 18.2 Å². The first-order chi connectivity index (χ1) is 31.5. The van der Waals surface area contributed by atoms with Gasteiger partial charge in [0.25, 0.3) is 0 Å². The zero-order valence-corrected chi connectivity index (χ0v) is 43.2. The Morgan fingerprint density at radius 1 is 0.438 bits per heavy atom. The standard InChI is InChI=1S/C58H111NO5/c1-4-7-10-13-16-19-22-24-26-27-28-29-31-33-36-39-42-45-48-51-58(63)64-54(49-46-43-40-37-34-21-18-15-12-9-6-3)52-57(62)59-55(53-60)56(61)50-47-44-41-38-35-32-30-25-23-20-17-14-11-8-5-2/h24,26,37,40,54-56,60-61H,4-23,25,27-36,38-39,41-53H2,1-3H3,(H,59,62)/b26-24+,40-37-. The van der Waals surface area contributed by atoms with E-state index in [0.29, 0.717) is 19.3 Å². The molecule has 0 saturated carbocycles. The van der Waals surface area contributed by atoms with Crippen molar-refractivity contribution < 1.29 is 24.5 Å². The molecule has 0 bridgehead atoms. The SMILES string of the molecule is CCCCCCCC/C=C\CCCC(CC(=O)NC(CO)C(O)CCCCCCCCCCCCCCCCC)OC(=O)CCCCCCCCCCC/C=C/CCCCCCCC. The minimum atomic E-state index is -0.791. The van der Waals surface area contributed by atoms with Gasteiger partial charge in [-0.25, -0.2) is 0 Å². The van der Waals surface area contributed by atoms with Crippen molar-refractivity contribution in [2.75, 3.05) is 6.61 Å². The number of hydrogen-bond donors (Lipinski definition) is 3. The number of carbonyl (C=O) groups is 2. The highest BCUT2D eigenvalue weighted by atomic mass is 16.5. The second-order valence-corrected chi connectivity index (χ2v) is 19.7. The van der Waals surface area contributed by atoms with Crippen molar-refractivity contribution in [3.8, 4) is 0 Å². The third-order valence-electron chi connectivity index (χ3n) is 13.3. The Labute approximate surface area is 399 Å². The molecular formula is C58H111NO5. The summed E-state index contributed by atoms with van der Waals surface area (Å²) in [5, 5.41) is 23.8. The number of amides is 1. The number of nitrogens with one attached hydrogen (secondary N) is 1. The molecule has 0 aromatic carbocycles. The lowest BCUT2D eigenvalue weighted by Crippen LogP contribution is -2.46. The molecule has 0 fully saturated rings. The Morgan fingerprint density at radius 2 is 0.766 bits per heavy atom. The molecule has 0 radical (unpaired) electrons. The van der Waals surface area contributed by atoms with Crippen molar-refractivity contribution in [1.82, 2.24) is 5.32 Å². The van der Waals surface area contributed by atoms with E-state index in [1.54, 1.807) is 0 Å². The van der Waals surface area contributed by atoms with E-state index in [1.165, 1.54) is 212 Å². The largest absolute Gasteiger partial charge is 0.462 e. The molecule has 3 atom stereocenters. The number of aliphatic hydroxyl groups is 2. The molecule has 6 heteroatoms. The Balaban J connectivity index is 4.45. The van der Waals surface area contributed by atoms with Gasteiger partial charge in [-0.05, 0) is 70.6 Å². The zero-order valence-electron chi connectivity index (χ0n) is 43.2. The summed E-state index contributed by atoms with van der Waals surface area (Å²) >= 11 is 0. The van der Waals surface area contributed by atoms with E-state index in [0.717, 1.165) is 51.4 Å². The Hall–Kier alpha value is -1.66. The molecule has 0 saturated heterocycles. The van der Waals surface area contributed by atoms with Crippen molar-refractivity contribution in [3.63, 3.8) is 0 Å². The van der Waals surface area contributed by atoms with Crippen LogP contribution in [0.5, 0.6) is 0 Å². The van der Waals surface area contributed by atoms with Gasteiger partial charge in [-0.2, -0.15) is 0 Å². The normalized spacial score (nSPS) is 13.3. The van der Waals surface area contributed by atoms with Crippen LogP contribution < -0.4 is 5.32 Å². The van der Waals surface area contributed by atoms with E-state index in [9.17, 15) is 19.8 Å². The summed E-state index contributed by atoms with van der Waals surface area (Å²) in [6, 6.07) is -0.706. The summed E-state index contributed by atoms with van der Waals surface area (Å²) in [5.41, 5.74) is 0. The van der Waals surface area contributed by atoms with Gasteiger partial charge in [-0.15, -0.1) is 0 Å². The van der Waals surface area contributed by atoms with Crippen molar-refractivity contribution in [3.05, 3.63) is 24.3 Å². The number of ether oxygens (including phenoxy) is 1. The smallest absolute Gasteiger partial charge is 0.306 e. The highest BCUT2D eigenvalue weighted by Gasteiger charge is 2.24. The molecule has 378 valence electrons. The van der Waals surface area contributed by atoms with Crippen molar-refractivity contribution in [1.29, 1.82) is 0 Å². The topological polar surface area (TPSA) is 95.9 Å². The number of esters is 1. The Bertz CT molecular complexity index is 1010. The summed E-state index contributed by atoms with van der Waals surface area (Å²) < 4.78 is 5.93. The van der Waals surface area contributed by atoms with Crippen LogP contribution in [0.2, 0.25) is 0 Å². The molecule has 0 aliphatic carbocycles. The molecule has 6 nitrogen and oxygen atoms in total. The van der Waals surface area contributed by atoms with Crippen LogP contribution in [0.25, 0.3) is 0 Å². The fourth-order valence-electron chi connectivity index (χ4n) is 8.90. The third kappa shape index (κ3) is 46.9.